The molecule has 0 unspecified atom stereocenters. The summed E-state index contributed by atoms with van der Waals surface area (Å²) in [5.41, 5.74) is 9.82. The van der Waals surface area contributed by atoms with Gasteiger partial charge >= 0.3 is 0 Å². The smallest absolute Gasteiger partial charge is 0.184 e. The summed E-state index contributed by atoms with van der Waals surface area (Å²) in [5, 5.41) is 4.58. The van der Waals surface area contributed by atoms with Crippen LogP contribution in [-0.4, -0.2) is 10.8 Å². The van der Waals surface area contributed by atoms with E-state index in [0.717, 1.165) is 12.3 Å². The largest absolute Gasteiger partial charge is 0.375 e. The predicted molar refractivity (Wildman–Crippen MR) is 66.5 cm³/mol. The Morgan fingerprint density at radius 2 is 2.27 bits per heavy atom. The SMILES string of the molecule is C[C@H]1[C@H]2C[C@@H](C/C2=N\NC(N)=S)C1(C)C. The highest BCUT2D eigenvalue weighted by Gasteiger charge is 2.53. The van der Waals surface area contributed by atoms with Gasteiger partial charge in [-0.1, -0.05) is 20.8 Å². The van der Waals surface area contributed by atoms with Gasteiger partial charge in [-0.3, -0.25) is 5.43 Å². The first-order valence-electron chi connectivity index (χ1n) is 5.55. The molecule has 0 spiro atoms. The first-order valence-corrected chi connectivity index (χ1v) is 5.95. The monoisotopic (exact) mass is 225 g/mol. The van der Waals surface area contributed by atoms with Gasteiger partial charge in [0, 0.05) is 11.6 Å². The molecule has 2 saturated carbocycles. The Labute approximate surface area is 96.5 Å². The van der Waals surface area contributed by atoms with Crippen LogP contribution in [-0.2, 0) is 0 Å². The molecule has 0 amide bonds. The van der Waals surface area contributed by atoms with Crippen molar-refractivity contribution in [3.63, 3.8) is 0 Å². The molecular formula is C11H19N3S. The summed E-state index contributed by atoms with van der Waals surface area (Å²) < 4.78 is 0. The van der Waals surface area contributed by atoms with Gasteiger partial charge in [0.05, 0.1) is 0 Å². The van der Waals surface area contributed by atoms with Crippen molar-refractivity contribution < 1.29 is 0 Å². The highest BCUT2D eigenvalue weighted by Crippen LogP contribution is 2.57. The maximum atomic E-state index is 5.37. The van der Waals surface area contributed by atoms with E-state index in [1.165, 1.54) is 12.1 Å². The van der Waals surface area contributed by atoms with E-state index in [9.17, 15) is 0 Å². The molecule has 0 saturated heterocycles. The minimum Gasteiger partial charge on any atom is -0.375 e. The normalized spacial score (nSPS) is 39.7. The van der Waals surface area contributed by atoms with E-state index in [1.54, 1.807) is 0 Å². The van der Waals surface area contributed by atoms with Gasteiger partial charge in [0.2, 0.25) is 0 Å². The van der Waals surface area contributed by atoms with Crippen molar-refractivity contribution in [3.05, 3.63) is 0 Å². The van der Waals surface area contributed by atoms with Crippen molar-refractivity contribution in [2.45, 2.75) is 33.6 Å². The number of rotatable bonds is 1. The Hall–Kier alpha value is -0.640. The summed E-state index contributed by atoms with van der Waals surface area (Å²) in [6, 6.07) is 0. The fourth-order valence-corrected chi connectivity index (χ4v) is 3.18. The van der Waals surface area contributed by atoms with Crippen LogP contribution in [0.2, 0.25) is 0 Å². The van der Waals surface area contributed by atoms with Crippen LogP contribution < -0.4 is 11.2 Å². The zero-order valence-electron chi connectivity index (χ0n) is 9.58. The van der Waals surface area contributed by atoms with Crippen LogP contribution in [0.3, 0.4) is 0 Å². The van der Waals surface area contributed by atoms with Crippen molar-refractivity contribution in [2.75, 3.05) is 0 Å². The van der Waals surface area contributed by atoms with E-state index >= 15 is 0 Å². The summed E-state index contributed by atoms with van der Waals surface area (Å²) in [6.45, 7) is 7.08. The minimum atomic E-state index is 0.261. The lowest BCUT2D eigenvalue weighted by Crippen LogP contribution is -2.35. The number of nitrogens with zero attached hydrogens (tertiary/aromatic N) is 1. The molecular weight excluding hydrogens is 206 g/mol. The molecule has 2 aliphatic carbocycles. The molecule has 0 aromatic heterocycles. The van der Waals surface area contributed by atoms with Gasteiger partial charge in [-0.2, -0.15) is 5.10 Å². The molecule has 3 N–H and O–H groups in total. The van der Waals surface area contributed by atoms with E-state index < -0.39 is 0 Å². The van der Waals surface area contributed by atoms with Crippen LogP contribution in [0.1, 0.15) is 33.6 Å². The number of fused-ring (bicyclic) bond motifs is 2. The Balaban J connectivity index is 2.12. The third-order valence-corrected chi connectivity index (χ3v) is 4.65. The fourth-order valence-electron chi connectivity index (χ4n) is 3.13. The van der Waals surface area contributed by atoms with Crippen molar-refractivity contribution >= 4 is 23.0 Å². The Morgan fingerprint density at radius 3 is 2.73 bits per heavy atom. The van der Waals surface area contributed by atoms with E-state index in [1.807, 2.05) is 0 Å². The van der Waals surface area contributed by atoms with Crippen LogP contribution in [0, 0.1) is 23.2 Å². The molecule has 0 heterocycles. The summed E-state index contributed by atoms with van der Waals surface area (Å²) in [6.07, 6.45) is 2.39. The number of hydrogen-bond acceptors (Lipinski definition) is 2. The van der Waals surface area contributed by atoms with Gasteiger partial charge in [0.1, 0.15) is 0 Å². The van der Waals surface area contributed by atoms with Crippen LogP contribution >= 0.6 is 12.2 Å². The second kappa shape index (κ2) is 3.44. The molecule has 2 fully saturated rings. The van der Waals surface area contributed by atoms with Crippen LogP contribution in [0.25, 0.3) is 0 Å². The highest BCUT2D eigenvalue weighted by molar-refractivity contribution is 7.80. The molecule has 3 atom stereocenters. The van der Waals surface area contributed by atoms with E-state index in [2.05, 4.69) is 31.3 Å². The third kappa shape index (κ3) is 1.65. The van der Waals surface area contributed by atoms with E-state index in [0.29, 0.717) is 17.3 Å². The van der Waals surface area contributed by atoms with Gasteiger partial charge in [0.15, 0.2) is 5.11 Å². The van der Waals surface area contributed by atoms with Crippen LogP contribution in [0.5, 0.6) is 0 Å². The first-order chi connectivity index (χ1) is 6.93. The van der Waals surface area contributed by atoms with Crippen molar-refractivity contribution in [2.24, 2.45) is 34.0 Å². The van der Waals surface area contributed by atoms with E-state index in [-0.39, 0.29) is 5.11 Å². The number of thiocarbonyl (C=S) groups is 1. The number of hydrazone groups is 1. The second-order valence-corrected chi connectivity index (χ2v) is 5.87. The molecule has 15 heavy (non-hydrogen) atoms. The van der Waals surface area contributed by atoms with Crippen molar-refractivity contribution in [3.8, 4) is 0 Å². The Morgan fingerprint density at radius 1 is 1.60 bits per heavy atom. The molecule has 2 bridgehead atoms. The van der Waals surface area contributed by atoms with Gasteiger partial charge < -0.3 is 5.73 Å². The molecule has 2 rings (SSSR count). The van der Waals surface area contributed by atoms with E-state index in [4.69, 9.17) is 18.0 Å². The van der Waals surface area contributed by atoms with Crippen molar-refractivity contribution in [1.29, 1.82) is 0 Å². The number of nitrogens with one attached hydrogen (secondary N) is 1. The van der Waals surface area contributed by atoms with Gasteiger partial charge in [-0.25, -0.2) is 0 Å². The summed E-state index contributed by atoms with van der Waals surface area (Å²) >= 11 is 4.75. The quantitative estimate of drug-likeness (QED) is 0.529. The first kappa shape index (κ1) is 10.9. The number of hydrogen-bond donors (Lipinski definition) is 2. The fraction of sp³-hybridized carbons (Fsp3) is 0.818. The predicted octanol–water partition coefficient (Wildman–Crippen LogP) is 1.88. The standard InChI is InChI=1S/C11H19N3S/c1-6-8-4-7(11(6,2)3)5-9(8)13-14-10(12)15/h6-8H,4-5H2,1-3H3,(H3,12,14,15)/b13-9+/t6-,7-,8+/m0/s1. The molecule has 84 valence electrons. The summed E-state index contributed by atoms with van der Waals surface area (Å²) in [4.78, 5) is 0. The topological polar surface area (TPSA) is 50.4 Å². The highest BCUT2D eigenvalue weighted by atomic mass is 32.1. The molecule has 0 aromatic rings. The van der Waals surface area contributed by atoms with Gasteiger partial charge in [0.25, 0.3) is 0 Å². The summed E-state index contributed by atoms with van der Waals surface area (Å²) in [7, 11) is 0. The lowest BCUT2D eigenvalue weighted by molar-refractivity contribution is 0.182. The lowest BCUT2D eigenvalue weighted by Gasteiger charge is -2.36. The average Bonchev–Trinajstić information content (AvgIpc) is 2.64. The summed E-state index contributed by atoms with van der Waals surface area (Å²) in [5.74, 6) is 2.12. The van der Waals surface area contributed by atoms with Gasteiger partial charge in [-0.15, -0.1) is 0 Å². The zero-order chi connectivity index (χ0) is 11.2. The maximum Gasteiger partial charge on any atom is 0.184 e. The van der Waals surface area contributed by atoms with Gasteiger partial charge in [-0.05, 0) is 42.3 Å². The Bertz CT molecular complexity index is 318. The third-order valence-electron chi connectivity index (χ3n) is 4.56. The van der Waals surface area contributed by atoms with Crippen molar-refractivity contribution in [1.82, 2.24) is 5.43 Å². The molecule has 3 nitrogen and oxygen atoms in total. The molecule has 0 radical (unpaired) electrons. The molecule has 2 aliphatic rings. The lowest BCUT2D eigenvalue weighted by atomic mass is 9.69. The molecule has 4 heteroatoms. The zero-order valence-corrected chi connectivity index (χ0v) is 10.4. The maximum absolute atomic E-state index is 5.37. The Kier molecular flexibility index (Phi) is 2.49. The molecule has 0 aromatic carbocycles. The van der Waals surface area contributed by atoms with Crippen LogP contribution in [0.15, 0.2) is 5.10 Å². The molecule has 0 aliphatic heterocycles. The average molecular weight is 225 g/mol. The van der Waals surface area contributed by atoms with Crippen LogP contribution in [0.4, 0.5) is 0 Å². The minimum absolute atomic E-state index is 0.261. The number of nitrogens with two attached hydrogens (primary N) is 1. The second-order valence-electron chi connectivity index (χ2n) is 5.43.